The highest BCUT2D eigenvalue weighted by molar-refractivity contribution is 9.10. The van der Waals surface area contributed by atoms with Gasteiger partial charge in [-0.25, -0.2) is 4.79 Å². The van der Waals surface area contributed by atoms with Crippen LogP contribution in [0.1, 0.15) is 11.1 Å². The molecule has 0 spiro atoms. The summed E-state index contributed by atoms with van der Waals surface area (Å²) in [7, 11) is 0. The third kappa shape index (κ3) is 3.19. The first-order chi connectivity index (χ1) is 10.1. The van der Waals surface area contributed by atoms with Crippen LogP contribution in [0.15, 0.2) is 46.9 Å². The van der Waals surface area contributed by atoms with Crippen molar-refractivity contribution in [2.75, 3.05) is 6.54 Å². The van der Waals surface area contributed by atoms with Crippen molar-refractivity contribution in [2.45, 2.75) is 13.0 Å². The molecule has 1 aliphatic heterocycles. The molecule has 0 aliphatic carbocycles. The smallest absolute Gasteiger partial charge is 0.407 e. The third-order valence-electron chi connectivity index (χ3n) is 3.51. The number of amides is 1. The first kappa shape index (κ1) is 13.9. The standard InChI is InChI=1S/C16H14BrNO3/c17-13-2-5-14(6-3-13)21-15-4-1-11-7-8-18(16(19)20)10-12(11)9-15/h1-6,9H,7-8,10H2,(H,19,20). The van der Waals surface area contributed by atoms with Gasteiger partial charge in [-0.1, -0.05) is 22.0 Å². The van der Waals surface area contributed by atoms with Gasteiger partial charge in [0.1, 0.15) is 11.5 Å². The average Bonchev–Trinajstić information content (AvgIpc) is 2.49. The molecule has 108 valence electrons. The molecule has 1 N–H and O–H groups in total. The Morgan fingerprint density at radius 2 is 1.81 bits per heavy atom. The lowest BCUT2D eigenvalue weighted by atomic mass is 10.00. The van der Waals surface area contributed by atoms with Gasteiger partial charge in [-0.15, -0.1) is 0 Å². The molecular weight excluding hydrogens is 334 g/mol. The van der Waals surface area contributed by atoms with Gasteiger partial charge in [0, 0.05) is 17.6 Å². The lowest BCUT2D eigenvalue weighted by molar-refractivity contribution is 0.140. The average molecular weight is 348 g/mol. The molecule has 0 unspecified atom stereocenters. The number of hydrogen-bond donors (Lipinski definition) is 1. The van der Waals surface area contributed by atoms with Crippen LogP contribution in [0.5, 0.6) is 11.5 Å². The number of carboxylic acid groups (broad SMARTS) is 1. The summed E-state index contributed by atoms with van der Waals surface area (Å²) in [6.45, 7) is 0.970. The highest BCUT2D eigenvalue weighted by Crippen LogP contribution is 2.28. The van der Waals surface area contributed by atoms with Gasteiger partial charge in [0.15, 0.2) is 0 Å². The van der Waals surface area contributed by atoms with Crippen LogP contribution < -0.4 is 4.74 Å². The molecule has 1 aliphatic rings. The Morgan fingerprint density at radius 3 is 2.52 bits per heavy atom. The summed E-state index contributed by atoms with van der Waals surface area (Å²) in [4.78, 5) is 12.5. The number of rotatable bonds is 2. The Bertz CT molecular complexity index is 670. The zero-order valence-electron chi connectivity index (χ0n) is 11.3. The van der Waals surface area contributed by atoms with Crippen molar-refractivity contribution in [3.8, 4) is 11.5 Å². The lowest BCUT2D eigenvalue weighted by Crippen LogP contribution is -2.34. The maximum Gasteiger partial charge on any atom is 0.407 e. The molecule has 0 saturated heterocycles. The fourth-order valence-corrected chi connectivity index (χ4v) is 2.66. The molecule has 2 aromatic rings. The molecule has 21 heavy (non-hydrogen) atoms. The Morgan fingerprint density at radius 1 is 1.10 bits per heavy atom. The van der Waals surface area contributed by atoms with Crippen molar-refractivity contribution < 1.29 is 14.6 Å². The molecule has 0 fully saturated rings. The molecule has 2 aromatic carbocycles. The van der Waals surface area contributed by atoms with Gasteiger partial charge in [-0.05, 0) is 53.9 Å². The minimum absolute atomic E-state index is 0.419. The Hall–Kier alpha value is -2.01. The molecule has 0 saturated carbocycles. The highest BCUT2D eigenvalue weighted by Gasteiger charge is 2.20. The Balaban J connectivity index is 1.80. The van der Waals surface area contributed by atoms with E-state index in [-0.39, 0.29) is 0 Å². The summed E-state index contributed by atoms with van der Waals surface area (Å²) in [5.41, 5.74) is 2.20. The van der Waals surface area contributed by atoms with Gasteiger partial charge in [0.2, 0.25) is 0 Å². The topological polar surface area (TPSA) is 49.8 Å². The number of halogens is 1. The predicted molar refractivity (Wildman–Crippen MR) is 82.8 cm³/mol. The van der Waals surface area contributed by atoms with Crippen LogP contribution in [0.2, 0.25) is 0 Å². The molecule has 1 heterocycles. The number of fused-ring (bicyclic) bond motifs is 1. The van der Waals surface area contributed by atoms with Crippen LogP contribution in [0.4, 0.5) is 4.79 Å². The molecule has 0 atom stereocenters. The summed E-state index contributed by atoms with van der Waals surface area (Å²) in [6, 6.07) is 13.5. The zero-order valence-corrected chi connectivity index (χ0v) is 12.8. The zero-order chi connectivity index (χ0) is 14.8. The van der Waals surface area contributed by atoms with Gasteiger partial charge >= 0.3 is 6.09 Å². The van der Waals surface area contributed by atoms with Gasteiger partial charge in [0.25, 0.3) is 0 Å². The summed E-state index contributed by atoms with van der Waals surface area (Å²) in [5.74, 6) is 1.48. The Labute approximate surface area is 131 Å². The van der Waals surface area contributed by atoms with E-state index < -0.39 is 6.09 Å². The van der Waals surface area contributed by atoms with Crippen molar-refractivity contribution in [3.63, 3.8) is 0 Å². The van der Waals surface area contributed by atoms with Gasteiger partial charge in [-0.3, -0.25) is 0 Å². The maximum atomic E-state index is 11.1. The van der Waals surface area contributed by atoms with E-state index in [2.05, 4.69) is 15.9 Å². The van der Waals surface area contributed by atoms with E-state index in [1.807, 2.05) is 42.5 Å². The molecular formula is C16H14BrNO3. The largest absolute Gasteiger partial charge is 0.465 e. The van der Waals surface area contributed by atoms with Crippen LogP contribution in [0.3, 0.4) is 0 Å². The SMILES string of the molecule is O=C(O)N1CCc2ccc(Oc3ccc(Br)cc3)cc2C1. The van der Waals surface area contributed by atoms with Gasteiger partial charge in [0.05, 0.1) is 0 Å². The molecule has 3 rings (SSSR count). The fraction of sp³-hybridized carbons (Fsp3) is 0.188. The number of ether oxygens (including phenoxy) is 1. The third-order valence-corrected chi connectivity index (χ3v) is 4.04. The van der Waals surface area contributed by atoms with Crippen LogP contribution in [0, 0.1) is 0 Å². The van der Waals surface area contributed by atoms with Crippen molar-refractivity contribution in [2.24, 2.45) is 0 Å². The van der Waals surface area contributed by atoms with E-state index >= 15 is 0 Å². The molecule has 0 bridgehead atoms. The van der Waals surface area contributed by atoms with Crippen molar-refractivity contribution in [3.05, 3.63) is 58.1 Å². The second-order valence-corrected chi connectivity index (χ2v) is 5.86. The summed E-state index contributed by atoms with van der Waals surface area (Å²) >= 11 is 3.38. The molecule has 4 nitrogen and oxygen atoms in total. The fourth-order valence-electron chi connectivity index (χ4n) is 2.40. The molecule has 5 heteroatoms. The van der Waals surface area contributed by atoms with Crippen LogP contribution >= 0.6 is 15.9 Å². The number of benzene rings is 2. The van der Waals surface area contributed by atoms with E-state index in [0.717, 1.165) is 28.0 Å². The summed E-state index contributed by atoms with van der Waals surface area (Å²) in [5, 5.41) is 9.08. The monoisotopic (exact) mass is 347 g/mol. The Kier molecular flexibility index (Phi) is 3.84. The minimum Gasteiger partial charge on any atom is -0.465 e. The maximum absolute atomic E-state index is 11.1. The quantitative estimate of drug-likeness (QED) is 0.881. The van der Waals surface area contributed by atoms with E-state index in [4.69, 9.17) is 9.84 Å². The van der Waals surface area contributed by atoms with Crippen molar-refractivity contribution in [1.29, 1.82) is 0 Å². The lowest BCUT2D eigenvalue weighted by Gasteiger charge is -2.26. The van der Waals surface area contributed by atoms with Crippen molar-refractivity contribution >= 4 is 22.0 Å². The van der Waals surface area contributed by atoms with Gasteiger partial charge < -0.3 is 14.7 Å². The minimum atomic E-state index is -0.875. The summed E-state index contributed by atoms with van der Waals surface area (Å²) in [6.07, 6.45) is -0.125. The molecule has 0 aromatic heterocycles. The number of nitrogens with zero attached hydrogens (tertiary/aromatic N) is 1. The normalized spacial score (nSPS) is 13.7. The van der Waals surface area contributed by atoms with Crippen LogP contribution in [-0.4, -0.2) is 22.6 Å². The second-order valence-electron chi connectivity index (χ2n) is 4.94. The van der Waals surface area contributed by atoms with E-state index in [1.165, 1.54) is 10.5 Å². The first-order valence-corrected chi connectivity index (χ1v) is 7.44. The molecule has 0 radical (unpaired) electrons. The number of carbonyl (C=O) groups is 1. The second kappa shape index (κ2) is 5.77. The van der Waals surface area contributed by atoms with E-state index in [0.29, 0.717) is 13.1 Å². The number of hydrogen-bond acceptors (Lipinski definition) is 2. The molecule has 1 amide bonds. The summed E-state index contributed by atoms with van der Waals surface area (Å²) < 4.78 is 6.81. The van der Waals surface area contributed by atoms with Crippen LogP contribution in [0.25, 0.3) is 0 Å². The predicted octanol–water partition coefficient (Wildman–Crippen LogP) is 4.28. The first-order valence-electron chi connectivity index (χ1n) is 6.65. The van der Waals surface area contributed by atoms with Gasteiger partial charge in [-0.2, -0.15) is 0 Å². The van der Waals surface area contributed by atoms with Crippen LogP contribution in [-0.2, 0) is 13.0 Å². The van der Waals surface area contributed by atoms with E-state index in [1.54, 1.807) is 0 Å². The highest BCUT2D eigenvalue weighted by atomic mass is 79.9. The van der Waals surface area contributed by atoms with Crippen molar-refractivity contribution in [1.82, 2.24) is 4.90 Å². The van der Waals surface area contributed by atoms with E-state index in [9.17, 15) is 4.79 Å².